The third kappa shape index (κ3) is 5.45. The highest BCUT2D eigenvalue weighted by atomic mass is 16.5. The largest absolute Gasteiger partial charge is 0.478 e. The van der Waals surface area contributed by atoms with E-state index >= 15 is 0 Å². The lowest BCUT2D eigenvalue weighted by Crippen LogP contribution is -2.13. The maximum Gasteiger partial charge on any atom is 0.188 e. The fourth-order valence-electron chi connectivity index (χ4n) is 1.06. The van der Waals surface area contributed by atoms with Crippen molar-refractivity contribution >= 4 is 5.90 Å². The van der Waals surface area contributed by atoms with Crippen LogP contribution in [-0.2, 0) is 4.74 Å². The van der Waals surface area contributed by atoms with Crippen molar-refractivity contribution in [1.29, 1.82) is 0 Å². The first kappa shape index (κ1) is 12.2. The molecule has 0 aliphatic carbocycles. The van der Waals surface area contributed by atoms with Crippen LogP contribution in [0.5, 0.6) is 0 Å². The maximum atomic E-state index is 5.47. The van der Waals surface area contributed by atoms with Gasteiger partial charge in [-0.2, -0.15) is 0 Å². The van der Waals surface area contributed by atoms with E-state index in [2.05, 4.69) is 11.1 Å². The van der Waals surface area contributed by atoms with Crippen LogP contribution in [0.25, 0.3) is 0 Å². The smallest absolute Gasteiger partial charge is 0.188 e. The average molecular weight is 183 g/mol. The average Bonchev–Trinajstić information content (AvgIpc) is 2.06. The molecule has 1 rings (SSSR count). The van der Waals surface area contributed by atoms with Gasteiger partial charge in [-0.1, -0.05) is 19.9 Å². The Bertz CT molecular complexity index is 192. The van der Waals surface area contributed by atoms with Crippen LogP contribution in [0.1, 0.15) is 47.5 Å². The van der Waals surface area contributed by atoms with Crippen LogP contribution in [0.4, 0.5) is 0 Å². The van der Waals surface area contributed by atoms with E-state index in [4.69, 9.17) is 4.74 Å². The van der Waals surface area contributed by atoms with Crippen molar-refractivity contribution in [2.75, 3.05) is 0 Å². The van der Waals surface area contributed by atoms with Gasteiger partial charge in [-0.05, 0) is 27.2 Å². The molecule has 2 nitrogen and oxygen atoms in total. The molecule has 0 spiro atoms. The van der Waals surface area contributed by atoms with Crippen LogP contribution >= 0.6 is 0 Å². The molecule has 0 fully saturated rings. The minimum Gasteiger partial charge on any atom is -0.478 e. The molecule has 0 amide bonds. The number of rotatable bonds is 1. The molecule has 13 heavy (non-hydrogen) atoms. The first-order valence-electron chi connectivity index (χ1n) is 5.09. The molecule has 76 valence electrons. The van der Waals surface area contributed by atoms with Crippen LogP contribution < -0.4 is 0 Å². The van der Waals surface area contributed by atoms with Gasteiger partial charge in [-0.3, -0.25) is 0 Å². The summed E-state index contributed by atoms with van der Waals surface area (Å²) >= 11 is 0. The van der Waals surface area contributed by atoms with Crippen molar-refractivity contribution in [3.63, 3.8) is 0 Å². The summed E-state index contributed by atoms with van der Waals surface area (Å²) in [6.45, 7) is 10.1. The van der Waals surface area contributed by atoms with Gasteiger partial charge in [0.15, 0.2) is 5.90 Å². The van der Waals surface area contributed by atoms with E-state index in [1.165, 1.54) is 0 Å². The Hall–Kier alpha value is -0.790. The highest BCUT2D eigenvalue weighted by Gasteiger charge is 2.06. The minimum atomic E-state index is 0.250. The Morgan fingerprint density at radius 2 is 2.00 bits per heavy atom. The zero-order valence-electron chi connectivity index (χ0n) is 9.42. The number of aliphatic imine (C=N–C) groups is 1. The van der Waals surface area contributed by atoms with Gasteiger partial charge in [0.1, 0.15) is 0 Å². The Balaban J connectivity index is 0.000000671. The number of ether oxygens (including phenoxy) is 1. The summed E-state index contributed by atoms with van der Waals surface area (Å²) in [5.41, 5.74) is 1.08. The molecule has 2 heteroatoms. The Labute approximate surface area is 81.7 Å². The maximum absolute atomic E-state index is 5.47. The zero-order chi connectivity index (χ0) is 10.3. The standard InChI is InChI=1S/C9H15NO.C2H6/c1-7(2)11-9-6-4-5-8(3)10-9;1-2/h5,7H,4,6H2,1-3H3;1-2H3. The third-order valence-electron chi connectivity index (χ3n) is 1.47. The SMILES string of the molecule is CC.CC1=CCCC(OC(C)C)=N1. The first-order chi connectivity index (χ1) is 6.18. The van der Waals surface area contributed by atoms with E-state index in [9.17, 15) is 0 Å². The summed E-state index contributed by atoms with van der Waals surface area (Å²) < 4.78 is 5.47. The van der Waals surface area contributed by atoms with Crippen molar-refractivity contribution in [3.8, 4) is 0 Å². The van der Waals surface area contributed by atoms with Crippen LogP contribution in [0, 0.1) is 0 Å². The lowest BCUT2D eigenvalue weighted by molar-refractivity contribution is 0.220. The van der Waals surface area contributed by atoms with E-state index in [1.807, 2.05) is 34.6 Å². The van der Waals surface area contributed by atoms with Gasteiger partial charge < -0.3 is 4.74 Å². The topological polar surface area (TPSA) is 21.6 Å². The van der Waals surface area contributed by atoms with Gasteiger partial charge in [0.25, 0.3) is 0 Å². The van der Waals surface area contributed by atoms with Crippen molar-refractivity contribution in [2.45, 2.75) is 53.6 Å². The Morgan fingerprint density at radius 1 is 1.38 bits per heavy atom. The van der Waals surface area contributed by atoms with E-state index in [1.54, 1.807) is 0 Å². The molecule has 0 unspecified atom stereocenters. The fraction of sp³-hybridized carbons (Fsp3) is 0.727. The van der Waals surface area contributed by atoms with Gasteiger partial charge in [0.2, 0.25) is 0 Å². The highest BCUT2D eigenvalue weighted by Crippen LogP contribution is 2.11. The summed E-state index contributed by atoms with van der Waals surface area (Å²) in [6.07, 6.45) is 4.40. The zero-order valence-corrected chi connectivity index (χ0v) is 9.42. The van der Waals surface area contributed by atoms with Gasteiger partial charge >= 0.3 is 0 Å². The molecule has 0 radical (unpaired) electrons. The van der Waals surface area contributed by atoms with Crippen molar-refractivity contribution in [3.05, 3.63) is 11.8 Å². The van der Waals surface area contributed by atoms with E-state index < -0.39 is 0 Å². The lowest BCUT2D eigenvalue weighted by Gasteiger charge is -2.14. The molecule has 0 atom stereocenters. The first-order valence-corrected chi connectivity index (χ1v) is 5.09. The highest BCUT2D eigenvalue weighted by molar-refractivity contribution is 5.78. The van der Waals surface area contributed by atoms with Gasteiger partial charge in [0.05, 0.1) is 6.10 Å². The van der Waals surface area contributed by atoms with Crippen molar-refractivity contribution in [1.82, 2.24) is 0 Å². The van der Waals surface area contributed by atoms with Gasteiger partial charge in [0, 0.05) is 12.1 Å². The van der Waals surface area contributed by atoms with Crippen LogP contribution in [-0.4, -0.2) is 12.0 Å². The monoisotopic (exact) mass is 183 g/mol. The normalized spacial score (nSPS) is 15.5. The fourth-order valence-corrected chi connectivity index (χ4v) is 1.06. The summed E-state index contributed by atoms with van der Waals surface area (Å²) in [5, 5.41) is 0. The number of allylic oxidation sites excluding steroid dienone is 2. The third-order valence-corrected chi connectivity index (χ3v) is 1.47. The molecule has 0 saturated heterocycles. The number of nitrogens with zero attached hydrogens (tertiary/aromatic N) is 1. The Kier molecular flexibility index (Phi) is 6.29. The molecule has 0 saturated carbocycles. The van der Waals surface area contributed by atoms with E-state index in [0.29, 0.717) is 0 Å². The summed E-state index contributed by atoms with van der Waals surface area (Å²) in [5.74, 6) is 0.889. The second kappa shape index (κ2) is 6.70. The predicted molar refractivity (Wildman–Crippen MR) is 58.0 cm³/mol. The molecule has 0 bridgehead atoms. The number of hydrogen-bond donors (Lipinski definition) is 0. The van der Waals surface area contributed by atoms with Crippen LogP contribution in [0.3, 0.4) is 0 Å². The summed E-state index contributed by atoms with van der Waals surface area (Å²) in [4.78, 5) is 4.28. The quantitative estimate of drug-likeness (QED) is 0.609. The predicted octanol–water partition coefficient (Wildman–Crippen LogP) is 3.53. The van der Waals surface area contributed by atoms with E-state index in [-0.39, 0.29) is 6.10 Å². The molecular weight excluding hydrogens is 162 g/mol. The second-order valence-corrected chi connectivity index (χ2v) is 3.06. The van der Waals surface area contributed by atoms with Crippen molar-refractivity contribution < 1.29 is 4.74 Å². The molecule has 0 N–H and O–H groups in total. The molecule has 0 aromatic rings. The lowest BCUT2D eigenvalue weighted by atomic mass is 10.2. The minimum absolute atomic E-state index is 0.250. The van der Waals surface area contributed by atoms with Crippen molar-refractivity contribution in [2.24, 2.45) is 4.99 Å². The molecule has 1 heterocycles. The van der Waals surface area contributed by atoms with E-state index in [0.717, 1.165) is 24.4 Å². The second-order valence-electron chi connectivity index (χ2n) is 3.06. The summed E-state index contributed by atoms with van der Waals surface area (Å²) in [6, 6.07) is 0. The van der Waals surface area contributed by atoms with Gasteiger partial charge in [-0.25, -0.2) is 4.99 Å². The Morgan fingerprint density at radius 3 is 2.46 bits per heavy atom. The van der Waals surface area contributed by atoms with Crippen LogP contribution in [0.2, 0.25) is 0 Å². The molecule has 1 aliphatic heterocycles. The molecule has 0 aromatic heterocycles. The molecular formula is C11H21NO. The number of hydrogen-bond acceptors (Lipinski definition) is 2. The molecule has 0 aromatic carbocycles. The summed E-state index contributed by atoms with van der Waals surface area (Å²) in [7, 11) is 0. The molecule has 1 aliphatic rings. The van der Waals surface area contributed by atoms with Crippen LogP contribution in [0.15, 0.2) is 16.8 Å². The van der Waals surface area contributed by atoms with Gasteiger partial charge in [-0.15, -0.1) is 0 Å².